The minimum Gasteiger partial charge on any atom is -0.283 e. The van der Waals surface area contributed by atoms with Crippen LogP contribution in [0, 0.1) is 6.92 Å². The van der Waals surface area contributed by atoms with Crippen molar-refractivity contribution in [2.24, 2.45) is 0 Å². The van der Waals surface area contributed by atoms with Gasteiger partial charge in [-0.2, -0.15) is 0 Å². The van der Waals surface area contributed by atoms with Crippen molar-refractivity contribution in [2.45, 2.75) is 39.9 Å². The molecule has 0 aliphatic rings. The van der Waals surface area contributed by atoms with Crippen molar-refractivity contribution in [3.63, 3.8) is 0 Å². The minimum absolute atomic E-state index is 0. The number of benzene rings is 1. The number of nitrogens with one attached hydrogen (secondary N) is 1. The van der Waals surface area contributed by atoms with Gasteiger partial charge < -0.3 is 0 Å². The van der Waals surface area contributed by atoms with Gasteiger partial charge in [0.1, 0.15) is 0 Å². The van der Waals surface area contributed by atoms with Crippen LogP contribution in [0.2, 0.25) is 0 Å². The van der Waals surface area contributed by atoms with Gasteiger partial charge >= 0.3 is 0 Å². The molecule has 16 heavy (non-hydrogen) atoms. The normalized spacial score (nSPS) is 10.6. The van der Waals surface area contributed by atoms with Crippen LogP contribution >= 0.6 is 0 Å². The largest absolute Gasteiger partial charge is 0.283 e. The van der Waals surface area contributed by atoms with E-state index in [0.29, 0.717) is 5.69 Å². The second kappa shape index (κ2) is 6.53. The fourth-order valence-electron chi connectivity index (χ4n) is 0.991. The van der Waals surface area contributed by atoms with Crippen LogP contribution in [-0.2, 0) is 10.0 Å². The van der Waals surface area contributed by atoms with E-state index in [4.69, 9.17) is 0 Å². The molecule has 1 rings (SSSR count). The molecule has 0 atom stereocenters. The van der Waals surface area contributed by atoms with Crippen LogP contribution in [0.5, 0.6) is 0 Å². The Morgan fingerprint density at radius 1 is 1.25 bits per heavy atom. The van der Waals surface area contributed by atoms with Crippen LogP contribution in [0.4, 0.5) is 5.69 Å². The van der Waals surface area contributed by atoms with E-state index in [0.717, 1.165) is 5.56 Å². The molecule has 0 bridgehead atoms. The zero-order valence-corrected chi connectivity index (χ0v) is 11.4. The molecular formula is C12H23NO2S. The van der Waals surface area contributed by atoms with Gasteiger partial charge in [-0.05, 0) is 38.5 Å². The fraction of sp³-hybridized carbons (Fsp3) is 0.500. The highest BCUT2D eigenvalue weighted by Crippen LogP contribution is 2.13. The highest BCUT2D eigenvalue weighted by Gasteiger charge is 2.14. The summed E-state index contributed by atoms with van der Waals surface area (Å²) in [7, 11) is -3.22. The summed E-state index contributed by atoms with van der Waals surface area (Å²) in [5.41, 5.74) is 1.66. The first-order valence-electron chi connectivity index (χ1n) is 5.50. The maximum absolute atomic E-state index is 11.5. The molecule has 0 fully saturated rings. The van der Waals surface area contributed by atoms with Gasteiger partial charge in [0.05, 0.1) is 5.25 Å². The summed E-state index contributed by atoms with van der Waals surface area (Å²) in [6.45, 7) is 9.23. The molecule has 3 nitrogen and oxygen atoms in total. The van der Waals surface area contributed by atoms with E-state index in [9.17, 15) is 8.42 Å². The molecule has 0 aromatic heterocycles. The lowest BCUT2D eigenvalue weighted by Gasteiger charge is -2.10. The zero-order chi connectivity index (χ0) is 12.8. The summed E-state index contributed by atoms with van der Waals surface area (Å²) >= 11 is 0. The monoisotopic (exact) mass is 245 g/mol. The van der Waals surface area contributed by atoms with Crippen molar-refractivity contribution in [1.82, 2.24) is 0 Å². The highest BCUT2D eigenvalue weighted by molar-refractivity contribution is 7.93. The number of rotatable bonds is 3. The van der Waals surface area contributed by atoms with Crippen LogP contribution in [0.15, 0.2) is 24.3 Å². The summed E-state index contributed by atoms with van der Waals surface area (Å²) < 4.78 is 25.5. The van der Waals surface area contributed by atoms with Gasteiger partial charge in [0.25, 0.3) is 0 Å². The van der Waals surface area contributed by atoms with E-state index in [-0.39, 0.29) is 1.43 Å². The summed E-state index contributed by atoms with van der Waals surface area (Å²) in [4.78, 5) is 0. The third-order valence-electron chi connectivity index (χ3n) is 1.90. The molecule has 0 aliphatic heterocycles. The van der Waals surface area contributed by atoms with Crippen LogP contribution in [0.3, 0.4) is 0 Å². The maximum Gasteiger partial charge on any atom is 0.235 e. The first-order chi connectivity index (χ1) is 7.42. The molecule has 0 saturated heterocycles. The molecule has 0 unspecified atom stereocenters. The number of hydrogen-bond donors (Lipinski definition) is 1. The molecule has 0 heterocycles. The second-order valence-electron chi connectivity index (χ2n) is 3.57. The Balaban J connectivity index is 0. The lowest BCUT2D eigenvalue weighted by Crippen LogP contribution is -2.22. The number of sulfonamides is 1. The Labute approximate surface area is 100 Å². The average molecular weight is 245 g/mol. The summed E-state index contributed by atoms with van der Waals surface area (Å²) in [6.07, 6.45) is 0. The number of hydrogen-bond acceptors (Lipinski definition) is 2. The Hall–Kier alpha value is -1.03. The highest BCUT2D eigenvalue weighted by atomic mass is 32.2. The predicted octanol–water partition coefficient (Wildman–Crippen LogP) is 3.42. The lowest BCUT2D eigenvalue weighted by atomic mass is 10.2. The van der Waals surface area contributed by atoms with Gasteiger partial charge in [0.2, 0.25) is 10.0 Å². The molecule has 0 spiro atoms. The third-order valence-corrected chi connectivity index (χ3v) is 3.66. The molecule has 0 aliphatic carbocycles. The standard InChI is InChI=1S/C10H15NO2S.C2H6.H2/c1-8(2)14(12,13)11-10-6-4-5-9(3)7-10;1-2;/h4-8,11H,1-3H3;1-2H3;1H. The van der Waals surface area contributed by atoms with Gasteiger partial charge in [0.15, 0.2) is 0 Å². The van der Waals surface area contributed by atoms with Gasteiger partial charge in [-0.15, -0.1) is 0 Å². The summed E-state index contributed by atoms with van der Waals surface area (Å²) in [5.74, 6) is 0. The van der Waals surface area contributed by atoms with Gasteiger partial charge in [-0.1, -0.05) is 26.0 Å². The Morgan fingerprint density at radius 2 is 1.81 bits per heavy atom. The van der Waals surface area contributed by atoms with E-state index in [1.165, 1.54) is 0 Å². The molecule has 0 radical (unpaired) electrons. The van der Waals surface area contributed by atoms with Crippen LogP contribution in [0.1, 0.15) is 34.7 Å². The Kier molecular flexibility index (Phi) is 6.11. The molecule has 0 amide bonds. The molecule has 4 heteroatoms. The molecule has 1 N–H and O–H groups in total. The van der Waals surface area contributed by atoms with Crippen molar-refractivity contribution in [1.29, 1.82) is 0 Å². The zero-order valence-electron chi connectivity index (χ0n) is 10.6. The van der Waals surface area contributed by atoms with Crippen molar-refractivity contribution >= 4 is 15.7 Å². The van der Waals surface area contributed by atoms with Gasteiger partial charge in [-0.3, -0.25) is 4.72 Å². The van der Waals surface area contributed by atoms with Crippen LogP contribution in [-0.4, -0.2) is 13.7 Å². The van der Waals surface area contributed by atoms with Crippen molar-refractivity contribution in [3.8, 4) is 0 Å². The molecule has 1 aromatic carbocycles. The lowest BCUT2D eigenvalue weighted by molar-refractivity contribution is 0.593. The molecule has 0 saturated carbocycles. The molecular weight excluding hydrogens is 222 g/mol. The van der Waals surface area contributed by atoms with Crippen LogP contribution < -0.4 is 4.72 Å². The SMILES string of the molecule is CC.Cc1cccc(NS(=O)(=O)C(C)C)c1.[HH]. The van der Waals surface area contributed by atoms with Crippen molar-refractivity contribution < 1.29 is 9.84 Å². The fourth-order valence-corrected chi connectivity index (χ4v) is 1.68. The van der Waals surface area contributed by atoms with Crippen molar-refractivity contribution in [2.75, 3.05) is 4.72 Å². The smallest absolute Gasteiger partial charge is 0.235 e. The van der Waals surface area contributed by atoms with E-state index >= 15 is 0 Å². The third kappa shape index (κ3) is 4.66. The predicted molar refractivity (Wildman–Crippen MR) is 72.3 cm³/mol. The van der Waals surface area contributed by atoms with Crippen LogP contribution in [0.25, 0.3) is 0 Å². The van der Waals surface area contributed by atoms with Gasteiger partial charge in [0, 0.05) is 7.11 Å². The summed E-state index contributed by atoms with van der Waals surface area (Å²) in [5, 5.41) is -0.414. The topological polar surface area (TPSA) is 46.2 Å². The van der Waals surface area contributed by atoms with E-state index in [1.54, 1.807) is 26.0 Å². The Bertz CT molecular complexity index is 416. The molecule has 94 valence electrons. The Morgan fingerprint density at radius 3 is 2.25 bits per heavy atom. The summed E-state index contributed by atoms with van der Waals surface area (Å²) in [6, 6.07) is 7.30. The van der Waals surface area contributed by atoms with Crippen molar-refractivity contribution in [3.05, 3.63) is 29.8 Å². The van der Waals surface area contributed by atoms with Gasteiger partial charge in [-0.25, -0.2) is 8.42 Å². The average Bonchev–Trinajstić information content (AvgIpc) is 2.19. The van der Waals surface area contributed by atoms with E-state index in [2.05, 4.69) is 4.72 Å². The quantitative estimate of drug-likeness (QED) is 0.887. The van der Waals surface area contributed by atoms with E-state index < -0.39 is 15.3 Å². The second-order valence-corrected chi connectivity index (χ2v) is 5.80. The first kappa shape index (κ1) is 15.0. The maximum atomic E-state index is 11.5. The minimum atomic E-state index is -3.22. The molecule has 1 aromatic rings. The van der Waals surface area contributed by atoms with E-state index in [1.807, 2.05) is 32.9 Å². The number of aryl methyl sites for hydroxylation is 1. The number of anilines is 1. The first-order valence-corrected chi connectivity index (χ1v) is 7.05.